The summed E-state index contributed by atoms with van der Waals surface area (Å²) >= 11 is 0. The number of rotatable bonds is 21. The number of carbonyl (C=O) groups excluding carboxylic acids is 1. The number of nitrogens with one attached hydrogen (secondary N) is 1. The summed E-state index contributed by atoms with van der Waals surface area (Å²) in [7, 11) is 1.52. The molecule has 0 spiro atoms. The third kappa shape index (κ3) is 11.6. The van der Waals surface area contributed by atoms with E-state index in [4.69, 9.17) is 9.47 Å². The van der Waals surface area contributed by atoms with Gasteiger partial charge in [-0.3, -0.25) is 5.32 Å². The van der Waals surface area contributed by atoms with Crippen molar-refractivity contribution in [2.24, 2.45) is 0 Å². The number of aliphatic hydroxyl groups is 1. The van der Waals surface area contributed by atoms with E-state index in [0.29, 0.717) is 19.6 Å². The van der Waals surface area contributed by atoms with Gasteiger partial charge in [0.1, 0.15) is 0 Å². The second-order valence-electron chi connectivity index (χ2n) is 10.4. The van der Waals surface area contributed by atoms with Crippen molar-refractivity contribution in [2.75, 3.05) is 25.6 Å². The highest BCUT2D eigenvalue weighted by atomic mass is 19.1. The lowest BCUT2D eigenvalue weighted by atomic mass is 10.0. The van der Waals surface area contributed by atoms with E-state index in [0.717, 1.165) is 19.3 Å². The van der Waals surface area contributed by atoms with Crippen LogP contribution in [0.1, 0.15) is 110 Å². The molecule has 2 heterocycles. The topological polar surface area (TPSA) is 111 Å². The smallest absolute Gasteiger partial charge is 0.412 e. The zero-order chi connectivity index (χ0) is 27.6. The highest BCUT2D eigenvalue weighted by molar-refractivity contribution is 5.93. The summed E-state index contributed by atoms with van der Waals surface area (Å²) in [5.74, 6) is -0.0335. The quantitative estimate of drug-likeness (QED) is 0.133. The van der Waals surface area contributed by atoms with Gasteiger partial charge in [0.25, 0.3) is 0 Å². The minimum Gasteiger partial charge on any atom is -0.449 e. The fourth-order valence-electron chi connectivity index (χ4n) is 4.37. The third-order valence-electron chi connectivity index (χ3n) is 7.10. The molecule has 0 bridgehead atoms. The molecule has 1 amide bonds. The van der Waals surface area contributed by atoms with Crippen molar-refractivity contribution >= 4 is 23.1 Å². The maximum atomic E-state index is 14.1. The van der Waals surface area contributed by atoms with Crippen LogP contribution >= 0.6 is 0 Å². The number of imidazole rings is 1. The SMILES string of the molecule is CCCCCCCCCCCCCCCCOC(=O)Nc1nc(F)nc2c1ncn2CC[C@@](C)(CO)OC. The van der Waals surface area contributed by atoms with Gasteiger partial charge in [-0.05, 0) is 19.8 Å². The number of anilines is 1. The normalized spacial score (nSPS) is 13.1. The summed E-state index contributed by atoms with van der Waals surface area (Å²) in [6, 6.07) is 0. The van der Waals surface area contributed by atoms with Crippen molar-refractivity contribution in [1.82, 2.24) is 19.5 Å². The Balaban J connectivity index is 1.62. The molecule has 216 valence electrons. The summed E-state index contributed by atoms with van der Waals surface area (Å²) in [4.78, 5) is 24.0. The van der Waals surface area contributed by atoms with Gasteiger partial charge in [-0.1, -0.05) is 90.4 Å². The molecule has 0 aromatic carbocycles. The molecule has 0 unspecified atom stereocenters. The fraction of sp³-hybridized carbons (Fsp3) is 0.786. The standard InChI is InChI=1S/C28H48FN5O4/c1-4-5-6-7-8-9-10-11-12-13-14-15-16-17-20-38-27(36)32-24-23-25(33-26(29)31-24)34(22-30-23)19-18-28(2,21-35)37-3/h22,35H,4-21H2,1-3H3,(H,31,32,33,36)/t28-/m0/s1. The number of aliphatic hydroxyl groups excluding tert-OH is 1. The van der Waals surface area contributed by atoms with Crippen LogP contribution in [0.4, 0.5) is 15.0 Å². The van der Waals surface area contributed by atoms with Crippen LogP contribution in [0.15, 0.2) is 6.33 Å². The lowest BCUT2D eigenvalue weighted by Crippen LogP contribution is -2.33. The maximum Gasteiger partial charge on any atom is 0.412 e. The molecule has 0 saturated heterocycles. The molecule has 1 atom stereocenters. The molecule has 2 aromatic rings. The van der Waals surface area contributed by atoms with Crippen LogP contribution in [0, 0.1) is 6.08 Å². The number of amides is 1. The van der Waals surface area contributed by atoms with Gasteiger partial charge in [-0.25, -0.2) is 9.78 Å². The molecule has 2 aromatic heterocycles. The van der Waals surface area contributed by atoms with Gasteiger partial charge in [0.15, 0.2) is 17.0 Å². The molecule has 2 rings (SSSR count). The minimum atomic E-state index is -0.974. The largest absolute Gasteiger partial charge is 0.449 e. The highest BCUT2D eigenvalue weighted by Gasteiger charge is 2.23. The number of nitrogens with zero attached hydrogens (tertiary/aromatic N) is 4. The molecular formula is C28H48FN5O4. The molecule has 0 saturated carbocycles. The Morgan fingerprint density at radius 1 is 1.00 bits per heavy atom. The molecule has 10 heteroatoms. The number of fused-ring (bicyclic) bond motifs is 1. The first-order chi connectivity index (χ1) is 18.4. The van der Waals surface area contributed by atoms with Crippen molar-refractivity contribution in [3.63, 3.8) is 0 Å². The second-order valence-corrected chi connectivity index (χ2v) is 10.4. The number of halogens is 1. The lowest BCUT2D eigenvalue weighted by Gasteiger charge is -2.25. The van der Waals surface area contributed by atoms with Crippen LogP contribution in [0.3, 0.4) is 0 Å². The van der Waals surface area contributed by atoms with Crippen LogP contribution < -0.4 is 5.32 Å². The van der Waals surface area contributed by atoms with E-state index in [2.05, 4.69) is 27.2 Å². The van der Waals surface area contributed by atoms with Gasteiger partial charge >= 0.3 is 12.2 Å². The average Bonchev–Trinajstić information content (AvgIpc) is 3.32. The van der Waals surface area contributed by atoms with E-state index in [-0.39, 0.29) is 23.6 Å². The molecule has 0 fully saturated rings. The minimum absolute atomic E-state index is 0.0335. The number of carbonyl (C=O) groups is 1. The van der Waals surface area contributed by atoms with Crippen molar-refractivity contribution in [2.45, 2.75) is 122 Å². The van der Waals surface area contributed by atoms with Crippen molar-refractivity contribution in [3.8, 4) is 0 Å². The Kier molecular flexibility index (Phi) is 15.1. The number of ether oxygens (including phenoxy) is 2. The van der Waals surface area contributed by atoms with Crippen LogP contribution in [0.5, 0.6) is 0 Å². The predicted octanol–water partition coefficient (Wildman–Crippen LogP) is 6.78. The Labute approximate surface area is 226 Å². The van der Waals surface area contributed by atoms with Gasteiger partial charge < -0.3 is 19.1 Å². The molecule has 9 nitrogen and oxygen atoms in total. The van der Waals surface area contributed by atoms with E-state index < -0.39 is 17.8 Å². The number of hydrogen-bond acceptors (Lipinski definition) is 7. The van der Waals surface area contributed by atoms with Gasteiger partial charge in [0.05, 0.1) is 25.1 Å². The molecule has 0 aliphatic carbocycles. The van der Waals surface area contributed by atoms with Crippen molar-refractivity contribution in [1.29, 1.82) is 0 Å². The van der Waals surface area contributed by atoms with Crippen LogP contribution in [-0.4, -0.2) is 56.6 Å². The first-order valence-corrected chi connectivity index (χ1v) is 14.4. The summed E-state index contributed by atoms with van der Waals surface area (Å²) < 4.78 is 26.3. The summed E-state index contributed by atoms with van der Waals surface area (Å²) in [6.45, 7) is 4.57. The second kappa shape index (κ2) is 18.0. The Hall–Kier alpha value is -2.33. The maximum absolute atomic E-state index is 14.1. The van der Waals surface area contributed by atoms with Gasteiger partial charge in [0.2, 0.25) is 0 Å². The van der Waals surface area contributed by atoms with Crippen LogP contribution in [-0.2, 0) is 16.0 Å². The van der Waals surface area contributed by atoms with Gasteiger partial charge in [-0.2, -0.15) is 14.4 Å². The summed E-state index contributed by atoms with van der Waals surface area (Å²) in [6.07, 6.45) is 17.9. The van der Waals surface area contributed by atoms with E-state index in [1.165, 1.54) is 84.1 Å². The predicted molar refractivity (Wildman–Crippen MR) is 148 cm³/mol. The third-order valence-corrected chi connectivity index (χ3v) is 7.10. The summed E-state index contributed by atoms with van der Waals surface area (Å²) in [5, 5.41) is 12.0. The van der Waals surface area contributed by atoms with E-state index in [1.807, 2.05) is 0 Å². The molecular weight excluding hydrogens is 489 g/mol. The molecule has 0 radical (unpaired) electrons. The fourth-order valence-corrected chi connectivity index (χ4v) is 4.37. The zero-order valence-corrected chi connectivity index (χ0v) is 23.6. The first kappa shape index (κ1) is 31.9. The number of aromatic nitrogens is 4. The first-order valence-electron chi connectivity index (χ1n) is 14.4. The Bertz CT molecular complexity index is 935. The van der Waals surface area contributed by atoms with E-state index in [9.17, 15) is 14.3 Å². The van der Waals surface area contributed by atoms with Crippen molar-refractivity contribution in [3.05, 3.63) is 12.4 Å². The van der Waals surface area contributed by atoms with Crippen LogP contribution in [0.2, 0.25) is 0 Å². The number of hydrogen-bond donors (Lipinski definition) is 2. The molecule has 38 heavy (non-hydrogen) atoms. The van der Waals surface area contributed by atoms with Crippen molar-refractivity contribution < 1.29 is 23.8 Å². The number of aryl methyl sites for hydroxylation is 1. The number of methoxy groups -OCH3 is 1. The molecule has 0 aliphatic heterocycles. The van der Waals surface area contributed by atoms with Crippen LogP contribution in [0.25, 0.3) is 11.2 Å². The summed E-state index contributed by atoms with van der Waals surface area (Å²) in [5.41, 5.74) is -0.223. The average molecular weight is 538 g/mol. The molecule has 2 N–H and O–H groups in total. The van der Waals surface area contributed by atoms with Gasteiger partial charge in [0, 0.05) is 13.7 Å². The highest BCUT2D eigenvalue weighted by Crippen LogP contribution is 2.21. The van der Waals surface area contributed by atoms with E-state index in [1.54, 1.807) is 11.5 Å². The number of unbranched alkanes of at least 4 members (excludes halogenated alkanes) is 13. The van der Waals surface area contributed by atoms with Gasteiger partial charge in [-0.15, -0.1) is 0 Å². The monoisotopic (exact) mass is 537 g/mol. The lowest BCUT2D eigenvalue weighted by molar-refractivity contribution is -0.0456. The zero-order valence-electron chi connectivity index (χ0n) is 23.6. The Morgan fingerprint density at radius 3 is 2.13 bits per heavy atom. The van der Waals surface area contributed by atoms with E-state index >= 15 is 0 Å². The Morgan fingerprint density at radius 2 is 1.58 bits per heavy atom. The molecule has 0 aliphatic rings.